The van der Waals surface area contributed by atoms with Gasteiger partial charge >= 0.3 is 0 Å². The zero-order valence-corrected chi connectivity index (χ0v) is 17.2. The van der Waals surface area contributed by atoms with E-state index in [9.17, 15) is 8.42 Å². The minimum absolute atomic E-state index is 0.405. The van der Waals surface area contributed by atoms with Crippen molar-refractivity contribution in [1.29, 1.82) is 0 Å². The summed E-state index contributed by atoms with van der Waals surface area (Å²) in [5, 5.41) is 0. The first-order valence-corrected chi connectivity index (χ1v) is 12.3. The highest BCUT2D eigenvalue weighted by Crippen LogP contribution is 2.53. The topological polar surface area (TPSA) is 34.1 Å². The highest BCUT2D eigenvalue weighted by Gasteiger charge is 2.47. The molecule has 0 N–H and O–H groups in total. The Bertz CT molecular complexity index is 461. The van der Waals surface area contributed by atoms with E-state index >= 15 is 0 Å². The lowest BCUT2D eigenvalue weighted by atomic mass is 9.59. The maximum absolute atomic E-state index is 12.9. The molecule has 0 unspecified atom stereocenters. The largest absolute Gasteiger partial charge is 0.228 e. The molecule has 0 aromatic heterocycles. The summed E-state index contributed by atoms with van der Waals surface area (Å²) < 4.78 is 25.3. The van der Waals surface area contributed by atoms with Gasteiger partial charge in [-0.25, -0.2) is 8.42 Å². The summed E-state index contributed by atoms with van der Waals surface area (Å²) in [4.78, 5) is 0. The van der Waals surface area contributed by atoms with Gasteiger partial charge in [-0.1, -0.05) is 52.4 Å². The summed E-state index contributed by atoms with van der Waals surface area (Å²) in [7, 11) is -2.94. The lowest BCUT2D eigenvalue weighted by Gasteiger charge is -2.48. The molecule has 2 rings (SSSR count). The van der Waals surface area contributed by atoms with Gasteiger partial charge in [0.15, 0.2) is 9.84 Å². The van der Waals surface area contributed by atoms with Gasteiger partial charge in [-0.15, -0.1) is 0 Å². The van der Waals surface area contributed by atoms with Crippen molar-refractivity contribution < 1.29 is 8.42 Å². The number of rotatable bonds is 8. The van der Waals surface area contributed by atoms with E-state index in [-0.39, 0.29) is 0 Å². The second-order valence-corrected chi connectivity index (χ2v) is 11.5. The Hall–Kier alpha value is -0.0500. The zero-order chi connectivity index (χ0) is 17.7. The molecule has 2 nitrogen and oxygen atoms in total. The molecule has 2 fully saturated rings. The van der Waals surface area contributed by atoms with E-state index < -0.39 is 14.6 Å². The van der Waals surface area contributed by atoms with E-state index in [0.29, 0.717) is 11.2 Å². The fourth-order valence-electron chi connectivity index (χ4n) is 5.56. The maximum Gasteiger partial charge on any atom is 0.155 e. The molecule has 0 bridgehead atoms. The molecule has 142 valence electrons. The van der Waals surface area contributed by atoms with Crippen molar-refractivity contribution >= 4 is 9.84 Å². The van der Waals surface area contributed by atoms with Crippen molar-refractivity contribution in [1.82, 2.24) is 0 Å². The Morgan fingerprint density at radius 3 is 2.04 bits per heavy atom. The maximum atomic E-state index is 12.9. The summed E-state index contributed by atoms with van der Waals surface area (Å²) in [6.45, 7) is 6.50. The van der Waals surface area contributed by atoms with Crippen molar-refractivity contribution in [2.75, 3.05) is 5.75 Å². The van der Waals surface area contributed by atoms with Gasteiger partial charge < -0.3 is 0 Å². The first kappa shape index (κ1) is 20.3. The second-order valence-electron chi connectivity index (χ2n) is 8.92. The quantitative estimate of drug-likeness (QED) is 0.479. The van der Waals surface area contributed by atoms with Crippen molar-refractivity contribution in [2.45, 2.75) is 115 Å². The van der Waals surface area contributed by atoms with E-state index in [1.807, 2.05) is 6.92 Å². The fraction of sp³-hybridized carbons (Fsp3) is 1.00. The number of hydrogen-bond acceptors (Lipinski definition) is 2. The van der Waals surface area contributed by atoms with E-state index in [1.165, 1.54) is 44.9 Å². The van der Waals surface area contributed by atoms with Crippen LogP contribution >= 0.6 is 0 Å². The predicted octanol–water partition coefficient (Wildman–Crippen LogP) is 6.29. The molecule has 2 aliphatic carbocycles. The van der Waals surface area contributed by atoms with Crippen LogP contribution in [0, 0.1) is 11.3 Å². The van der Waals surface area contributed by atoms with Gasteiger partial charge in [0, 0.05) is 0 Å². The third kappa shape index (κ3) is 4.37. The Labute approximate surface area is 151 Å². The lowest BCUT2D eigenvalue weighted by molar-refractivity contribution is 0.0504. The van der Waals surface area contributed by atoms with E-state index in [1.54, 1.807) is 0 Å². The molecule has 0 aromatic rings. The van der Waals surface area contributed by atoms with E-state index in [2.05, 4.69) is 13.8 Å². The molecule has 2 aliphatic rings. The average Bonchev–Trinajstić information content (AvgIpc) is 2.56. The summed E-state index contributed by atoms with van der Waals surface area (Å²) >= 11 is 0. The van der Waals surface area contributed by atoms with Crippen molar-refractivity contribution in [3.05, 3.63) is 0 Å². The molecular formula is C21H40O2S. The molecule has 0 radical (unpaired) electrons. The molecule has 0 aliphatic heterocycles. The molecule has 0 spiro atoms. The Balaban J connectivity index is 2.00. The average molecular weight is 357 g/mol. The van der Waals surface area contributed by atoms with E-state index in [0.717, 1.165) is 50.9 Å². The molecule has 0 amide bonds. The van der Waals surface area contributed by atoms with Crippen molar-refractivity contribution in [3.63, 3.8) is 0 Å². The standard InChI is InChI=1S/C21H40O2S/c1-4-6-10-18-24(22,23)20(3)16-11-19(12-17-20)21(13-5-2)14-8-7-9-15-21/h19H,4-18H2,1-3H3. The molecule has 0 atom stereocenters. The zero-order valence-electron chi connectivity index (χ0n) is 16.4. The Kier molecular flexibility index (Phi) is 7.22. The minimum atomic E-state index is -2.94. The molecule has 24 heavy (non-hydrogen) atoms. The summed E-state index contributed by atoms with van der Waals surface area (Å²) in [5.74, 6) is 1.18. The van der Waals surface area contributed by atoms with Crippen molar-refractivity contribution in [3.8, 4) is 0 Å². The van der Waals surface area contributed by atoms with Gasteiger partial charge in [0.25, 0.3) is 0 Å². The number of sulfone groups is 1. The third-order valence-electron chi connectivity index (χ3n) is 7.27. The number of unbranched alkanes of at least 4 members (excludes halogenated alkanes) is 2. The van der Waals surface area contributed by atoms with Gasteiger partial charge in [0.2, 0.25) is 0 Å². The van der Waals surface area contributed by atoms with Gasteiger partial charge in [0.05, 0.1) is 10.5 Å². The highest BCUT2D eigenvalue weighted by molar-refractivity contribution is 7.92. The van der Waals surface area contributed by atoms with Crippen LogP contribution in [-0.2, 0) is 9.84 Å². The van der Waals surface area contributed by atoms with Crippen LogP contribution in [0.5, 0.6) is 0 Å². The van der Waals surface area contributed by atoms with Crippen LogP contribution in [0.25, 0.3) is 0 Å². The smallest absolute Gasteiger partial charge is 0.155 e. The predicted molar refractivity (Wildman–Crippen MR) is 104 cm³/mol. The fourth-order valence-corrected chi connectivity index (χ4v) is 7.49. The molecule has 2 saturated carbocycles. The van der Waals surface area contributed by atoms with Crippen molar-refractivity contribution in [2.24, 2.45) is 11.3 Å². The normalized spacial score (nSPS) is 31.0. The minimum Gasteiger partial charge on any atom is -0.228 e. The summed E-state index contributed by atoms with van der Waals surface area (Å²) in [5.41, 5.74) is 0.542. The molecule has 0 saturated heterocycles. The monoisotopic (exact) mass is 356 g/mol. The summed E-state index contributed by atoms with van der Waals surface area (Å²) in [6.07, 6.45) is 16.7. The third-order valence-corrected chi connectivity index (χ3v) is 10.0. The Morgan fingerprint density at radius 1 is 0.875 bits per heavy atom. The first-order chi connectivity index (χ1) is 11.4. The summed E-state index contributed by atoms with van der Waals surface area (Å²) in [6, 6.07) is 0. The van der Waals surface area contributed by atoms with E-state index in [4.69, 9.17) is 0 Å². The number of hydrogen-bond donors (Lipinski definition) is 0. The van der Waals surface area contributed by atoms with Gasteiger partial charge in [0.1, 0.15) is 0 Å². The van der Waals surface area contributed by atoms with Gasteiger partial charge in [-0.2, -0.15) is 0 Å². The van der Waals surface area contributed by atoms with Crippen LogP contribution in [0.4, 0.5) is 0 Å². The molecule has 0 aromatic carbocycles. The van der Waals surface area contributed by atoms with Crippen LogP contribution in [0.2, 0.25) is 0 Å². The van der Waals surface area contributed by atoms with Gasteiger partial charge in [-0.3, -0.25) is 0 Å². The first-order valence-electron chi connectivity index (χ1n) is 10.6. The SMILES string of the molecule is CCCCCS(=O)(=O)C1(C)CCC(C2(CCC)CCCCC2)CC1. The highest BCUT2D eigenvalue weighted by atomic mass is 32.2. The van der Waals surface area contributed by atoms with Crippen LogP contribution in [0.3, 0.4) is 0 Å². The molecule has 0 heterocycles. The van der Waals surface area contributed by atoms with Gasteiger partial charge in [-0.05, 0) is 69.6 Å². The lowest BCUT2D eigenvalue weighted by Crippen LogP contribution is -2.44. The van der Waals surface area contributed by atoms with Crippen LogP contribution < -0.4 is 0 Å². The second kappa shape index (κ2) is 8.56. The Morgan fingerprint density at radius 2 is 1.50 bits per heavy atom. The van der Waals surface area contributed by atoms with Crippen LogP contribution in [-0.4, -0.2) is 18.9 Å². The van der Waals surface area contributed by atoms with Crippen LogP contribution in [0.15, 0.2) is 0 Å². The molecule has 3 heteroatoms. The molecular weight excluding hydrogens is 316 g/mol. The van der Waals surface area contributed by atoms with Crippen LogP contribution in [0.1, 0.15) is 111 Å².